The van der Waals surface area contributed by atoms with Crippen molar-refractivity contribution in [2.24, 2.45) is 5.73 Å². The zero-order valence-corrected chi connectivity index (χ0v) is 12.4. The fourth-order valence-corrected chi connectivity index (χ4v) is 3.69. The van der Waals surface area contributed by atoms with Gasteiger partial charge in [0.1, 0.15) is 5.00 Å². The highest BCUT2D eigenvalue weighted by Crippen LogP contribution is 2.40. The van der Waals surface area contributed by atoms with E-state index in [1.807, 2.05) is 4.90 Å². The number of nitrogens with zero attached hydrogens (tertiary/aromatic N) is 1. The molecule has 1 amide bonds. The molecule has 0 radical (unpaired) electrons. The first-order valence-corrected chi connectivity index (χ1v) is 7.25. The van der Waals surface area contributed by atoms with Gasteiger partial charge in [0.2, 0.25) is 0 Å². The summed E-state index contributed by atoms with van der Waals surface area (Å²) in [4.78, 5) is 25.4. The number of hydrogen-bond donors (Lipinski definition) is 3. The molecule has 1 fully saturated rings. The molecule has 0 aliphatic carbocycles. The Hall–Kier alpha value is -1.60. The first kappa shape index (κ1) is 14.8. The zero-order chi connectivity index (χ0) is 15.1. The van der Waals surface area contributed by atoms with Gasteiger partial charge < -0.3 is 21.5 Å². The molecule has 1 aromatic heterocycles. The van der Waals surface area contributed by atoms with Crippen molar-refractivity contribution in [1.29, 1.82) is 0 Å². The maximum absolute atomic E-state index is 11.6. The minimum Gasteiger partial charge on any atom is -0.397 e. The van der Waals surface area contributed by atoms with Crippen LogP contribution >= 0.6 is 11.3 Å². The van der Waals surface area contributed by atoms with Gasteiger partial charge in [0, 0.05) is 20.0 Å². The van der Waals surface area contributed by atoms with E-state index in [9.17, 15) is 14.7 Å². The van der Waals surface area contributed by atoms with E-state index in [0.29, 0.717) is 29.4 Å². The van der Waals surface area contributed by atoms with Gasteiger partial charge in [0.25, 0.3) is 5.91 Å². The number of hydrogen-bond acceptors (Lipinski definition) is 6. The molecule has 1 aliphatic heterocycles. The van der Waals surface area contributed by atoms with E-state index in [-0.39, 0.29) is 17.0 Å². The number of nitrogens with two attached hydrogens (primary N) is 2. The van der Waals surface area contributed by atoms with Crippen LogP contribution in [0.25, 0.3) is 0 Å². The van der Waals surface area contributed by atoms with Gasteiger partial charge in [-0.1, -0.05) is 0 Å². The quantitative estimate of drug-likeness (QED) is 0.720. The van der Waals surface area contributed by atoms with Crippen LogP contribution in [0.1, 0.15) is 46.7 Å². The number of piperidine rings is 1. The molecule has 0 bridgehead atoms. The van der Waals surface area contributed by atoms with Crippen LogP contribution in [-0.4, -0.2) is 35.5 Å². The SMILES string of the molecule is CC(=O)c1sc(N2CCCC(C)(O)C2)c(C(N)=O)c1N. The molecule has 0 saturated carbocycles. The molecule has 1 atom stereocenters. The summed E-state index contributed by atoms with van der Waals surface area (Å²) in [6, 6.07) is 0. The minimum atomic E-state index is -0.817. The zero-order valence-electron chi connectivity index (χ0n) is 11.6. The third-order valence-corrected chi connectivity index (χ3v) is 4.82. The number of amides is 1. The second kappa shape index (κ2) is 5.06. The Kier molecular flexibility index (Phi) is 3.75. The summed E-state index contributed by atoms with van der Waals surface area (Å²) >= 11 is 1.17. The maximum Gasteiger partial charge on any atom is 0.253 e. The van der Waals surface area contributed by atoms with Gasteiger partial charge >= 0.3 is 0 Å². The molecule has 5 N–H and O–H groups in total. The molecule has 0 aromatic carbocycles. The fourth-order valence-electron chi connectivity index (χ4n) is 2.55. The van der Waals surface area contributed by atoms with E-state index in [1.165, 1.54) is 18.3 Å². The number of thiophene rings is 1. The summed E-state index contributed by atoms with van der Waals surface area (Å²) in [7, 11) is 0. The van der Waals surface area contributed by atoms with Gasteiger partial charge in [0.15, 0.2) is 5.78 Å². The Morgan fingerprint density at radius 2 is 2.10 bits per heavy atom. The normalized spacial score (nSPS) is 22.9. The van der Waals surface area contributed by atoms with E-state index in [2.05, 4.69) is 0 Å². The van der Waals surface area contributed by atoms with E-state index < -0.39 is 11.5 Å². The number of anilines is 2. The second-order valence-electron chi connectivity index (χ2n) is 5.47. The van der Waals surface area contributed by atoms with Crippen molar-refractivity contribution in [2.45, 2.75) is 32.3 Å². The van der Waals surface area contributed by atoms with E-state index in [0.717, 1.165) is 6.42 Å². The lowest BCUT2D eigenvalue weighted by Crippen LogP contribution is -2.46. The van der Waals surface area contributed by atoms with Crippen LogP contribution in [-0.2, 0) is 0 Å². The van der Waals surface area contributed by atoms with Crippen LogP contribution < -0.4 is 16.4 Å². The summed E-state index contributed by atoms with van der Waals surface area (Å²) in [6.45, 7) is 4.26. The van der Waals surface area contributed by atoms with Crippen LogP contribution in [0.2, 0.25) is 0 Å². The van der Waals surface area contributed by atoms with E-state index >= 15 is 0 Å². The number of primary amides is 1. The highest BCUT2D eigenvalue weighted by Gasteiger charge is 2.33. The minimum absolute atomic E-state index is 0.148. The summed E-state index contributed by atoms with van der Waals surface area (Å²) in [5.41, 5.74) is 10.8. The average molecular weight is 297 g/mol. The first-order chi connectivity index (χ1) is 9.23. The summed E-state index contributed by atoms with van der Waals surface area (Å²) in [5.74, 6) is -0.837. The standard InChI is InChI=1S/C13H19N3O3S/c1-7(17)10-9(14)8(11(15)18)12(20-10)16-5-3-4-13(2,19)6-16/h19H,3-6,14H2,1-2H3,(H2,15,18). The molecule has 20 heavy (non-hydrogen) atoms. The molecule has 1 unspecified atom stereocenters. The highest BCUT2D eigenvalue weighted by atomic mass is 32.1. The van der Waals surface area contributed by atoms with Crippen LogP contribution in [0.3, 0.4) is 0 Å². The molecular weight excluding hydrogens is 278 g/mol. The number of aliphatic hydroxyl groups is 1. The van der Waals surface area contributed by atoms with Gasteiger partial charge in [-0.25, -0.2) is 0 Å². The van der Waals surface area contributed by atoms with Crippen LogP contribution in [0.5, 0.6) is 0 Å². The maximum atomic E-state index is 11.6. The van der Waals surface area contributed by atoms with Crippen molar-refractivity contribution in [2.75, 3.05) is 23.7 Å². The molecule has 110 valence electrons. The van der Waals surface area contributed by atoms with Crippen molar-refractivity contribution < 1.29 is 14.7 Å². The van der Waals surface area contributed by atoms with Crippen molar-refractivity contribution in [3.05, 3.63) is 10.4 Å². The lowest BCUT2D eigenvalue weighted by atomic mass is 9.95. The molecule has 7 heteroatoms. The summed E-state index contributed by atoms with van der Waals surface area (Å²) < 4.78 is 0. The number of β-amino-alcohol motifs (C(OH)–C–C–N with tert-alkyl or cyclic N) is 1. The number of nitrogen functional groups attached to an aromatic ring is 1. The predicted octanol–water partition coefficient (Wildman–Crippen LogP) is 0.983. The number of carbonyl (C=O) groups is 2. The van der Waals surface area contributed by atoms with Crippen molar-refractivity contribution in [3.63, 3.8) is 0 Å². The largest absolute Gasteiger partial charge is 0.397 e. The average Bonchev–Trinajstić information content (AvgIpc) is 2.65. The molecular formula is C13H19N3O3S. The molecule has 0 spiro atoms. The Morgan fingerprint density at radius 1 is 1.45 bits per heavy atom. The number of Topliss-reactive ketones (excluding diaryl/α,β-unsaturated/α-hetero) is 1. The van der Waals surface area contributed by atoms with Gasteiger partial charge in [0.05, 0.1) is 21.7 Å². The van der Waals surface area contributed by atoms with Crippen LogP contribution in [0.4, 0.5) is 10.7 Å². The molecule has 1 aromatic rings. The van der Waals surface area contributed by atoms with Gasteiger partial charge in [-0.3, -0.25) is 9.59 Å². The van der Waals surface area contributed by atoms with Crippen molar-refractivity contribution >= 4 is 33.7 Å². The van der Waals surface area contributed by atoms with Crippen LogP contribution in [0.15, 0.2) is 0 Å². The molecule has 1 aliphatic rings. The monoisotopic (exact) mass is 297 g/mol. The fraction of sp³-hybridized carbons (Fsp3) is 0.538. The summed E-state index contributed by atoms with van der Waals surface area (Å²) in [6.07, 6.45) is 1.51. The van der Waals surface area contributed by atoms with Gasteiger partial charge in [-0.05, 0) is 19.8 Å². The number of rotatable bonds is 3. The highest BCUT2D eigenvalue weighted by molar-refractivity contribution is 7.19. The Balaban J connectivity index is 2.48. The number of ketones is 1. The van der Waals surface area contributed by atoms with Gasteiger partial charge in [-0.2, -0.15) is 0 Å². The van der Waals surface area contributed by atoms with E-state index in [1.54, 1.807) is 6.92 Å². The Labute approximate surface area is 121 Å². The molecule has 1 saturated heterocycles. The van der Waals surface area contributed by atoms with Crippen molar-refractivity contribution in [3.8, 4) is 0 Å². The second-order valence-corrected chi connectivity index (χ2v) is 6.47. The van der Waals surface area contributed by atoms with E-state index in [4.69, 9.17) is 11.5 Å². The van der Waals surface area contributed by atoms with Crippen molar-refractivity contribution in [1.82, 2.24) is 0 Å². The predicted molar refractivity (Wildman–Crippen MR) is 79.3 cm³/mol. The van der Waals surface area contributed by atoms with Gasteiger partial charge in [-0.15, -0.1) is 11.3 Å². The summed E-state index contributed by atoms with van der Waals surface area (Å²) in [5, 5.41) is 10.8. The lowest BCUT2D eigenvalue weighted by molar-refractivity contribution is 0.0450. The molecule has 6 nitrogen and oxygen atoms in total. The smallest absolute Gasteiger partial charge is 0.253 e. The topological polar surface area (TPSA) is 110 Å². The third kappa shape index (κ3) is 2.64. The number of carbonyl (C=O) groups excluding carboxylic acids is 2. The van der Waals surface area contributed by atoms with Crippen LogP contribution in [0, 0.1) is 0 Å². The Morgan fingerprint density at radius 3 is 2.60 bits per heavy atom. The molecule has 2 heterocycles. The lowest BCUT2D eigenvalue weighted by Gasteiger charge is -2.37. The first-order valence-electron chi connectivity index (χ1n) is 6.43. The molecule has 2 rings (SSSR count). The Bertz CT molecular complexity index is 565. The third-order valence-electron chi connectivity index (χ3n) is 3.45.